The number of aromatic amines is 2. The van der Waals surface area contributed by atoms with E-state index in [0.717, 1.165) is 11.3 Å². The summed E-state index contributed by atoms with van der Waals surface area (Å²) in [5.41, 5.74) is 1.51. The first kappa shape index (κ1) is 19.2. The first-order valence-electron chi connectivity index (χ1n) is 8.22. The molecular weight excluding hydrogens is 436 g/mol. The van der Waals surface area contributed by atoms with Crippen LogP contribution in [0.15, 0.2) is 63.6 Å². The first-order valence-corrected chi connectivity index (χ1v) is 10.9. The molecule has 11 heteroatoms. The second-order valence-electron chi connectivity index (χ2n) is 6.00. The Kier molecular flexibility index (Phi) is 4.91. The number of amides is 1. The zero-order valence-corrected chi connectivity index (χ0v) is 16.9. The fourth-order valence-electron chi connectivity index (χ4n) is 2.72. The van der Waals surface area contributed by atoms with Crippen LogP contribution in [0.2, 0.25) is 4.34 Å². The van der Waals surface area contributed by atoms with Crippen molar-refractivity contribution in [1.82, 2.24) is 9.97 Å². The molecule has 8 nitrogen and oxygen atoms in total. The molecule has 1 amide bonds. The molecule has 0 saturated heterocycles. The number of halogens is 1. The molecule has 0 atom stereocenters. The van der Waals surface area contributed by atoms with Gasteiger partial charge in [0.1, 0.15) is 4.21 Å². The second-order valence-corrected chi connectivity index (χ2v) is 9.63. The summed E-state index contributed by atoms with van der Waals surface area (Å²) in [6, 6.07) is 14.0. The number of aromatic nitrogens is 2. The third-order valence-corrected chi connectivity index (χ3v) is 7.09. The van der Waals surface area contributed by atoms with Crippen LogP contribution < -0.4 is 15.7 Å². The minimum Gasteiger partial charge on any atom is -0.322 e. The largest absolute Gasteiger partial charge is 0.323 e. The number of anilines is 2. The topological polar surface area (TPSA) is 124 Å². The Morgan fingerprint density at radius 2 is 1.76 bits per heavy atom. The van der Waals surface area contributed by atoms with E-state index in [-0.39, 0.29) is 21.1 Å². The number of sulfonamides is 1. The van der Waals surface area contributed by atoms with Gasteiger partial charge in [-0.25, -0.2) is 13.2 Å². The fraction of sp³-hybridized carbons (Fsp3) is 0. The minimum absolute atomic E-state index is 0.0413. The van der Waals surface area contributed by atoms with Gasteiger partial charge >= 0.3 is 5.69 Å². The van der Waals surface area contributed by atoms with Crippen LogP contribution in [0.5, 0.6) is 0 Å². The molecule has 4 rings (SSSR count). The van der Waals surface area contributed by atoms with Crippen molar-refractivity contribution in [1.29, 1.82) is 0 Å². The van der Waals surface area contributed by atoms with Crippen LogP contribution in [0.4, 0.5) is 11.4 Å². The van der Waals surface area contributed by atoms with Crippen molar-refractivity contribution in [2.45, 2.75) is 4.21 Å². The van der Waals surface area contributed by atoms with E-state index in [2.05, 4.69) is 20.0 Å². The molecule has 4 N–H and O–H groups in total. The standard InChI is InChI=1S/C18H13ClN4O4S2/c19-15-7-8-16(28-15)29(26,27)23-12-4-2-1-3-11(12)17(24)20-10-5-6-13-14(9-10)22-18(25)21-13/h1-9,23H,(H,20,24)(H2,21,22,25). The number of para-hydroxylation sites is 1. The van der Waals surface area contributed by atoms with Crippen molar-refractivity contribution in [2.75, 3.05) is 10.0 Å². The summed E-state index contributed by atoms with van der Waals surface area (Å²) in [4.78, 5) is 29.4. The molecule has 0 bridgehead atoms. The average Bonchev–Trinajstić information content (AvgIpc) is 3.26. The van der Waals surface area contributed by atoms with E-state index in [1.54, 1.807) is 30.3 Å². The van der Waals surface area contributed by atoms with Gasteiger partial charge < -0.3 is 15.3 Å². The molecule has 2 heterocycles. The highest BCUT2D eigenvalue weighted by atomic mass is 35.5. The Hall–Kier alpha value is -3.08. The van der Waals surface area contributed by atoms with E-state index in [0.29, 0.717) is 21.1 Å². The number of benzene rings is 2. The number of carbonyl (C=O) groups is 1. The number of carbonyl (C=O) groups excluding carboxylic acids is 1. The van der Waals surface area contributed by atoms with Crippen molar-refractivity contribution < 1.29 is 13.2 Å². The summed E-state index contributed by atoms with van der Waals surface area (Å²) in [7, 11) is -3.89. The molecule has 2 aromatic carbocycles. The molecule has 0 fully saturated rings. The number of hydrogen-bond donors (Lipinski definition) is 4. The van der Waals surface area contributed by atoms with Crippen molar-refractivity contribution >= 4 is 61.3 Å². The predicted octanol–water partition coefficient (Wildman–Crippen LogP) is 3.62. The predicted molar refractivity (Wildman–Crippen MR) is 113 cm³/mol. The third kappa shape index (κ3) is 4.04. The van der Waals surface area contributed by atoms with E-state index >= 15 is 0 Å². The lowest BCUT2D eigenvalue weighted by atomic mass is 10.1. The number of fused-ring (bicyclic) bond motifs is 1. The molecule has 0 spiro atoms. The summed E-state index contributed by atoms with van der Waals surface area (Å²) in [6.07, 6.45) is 0. The van der Waals surface area contributed by atoms with Crippen molar-refractivity contribution in [2.24, 2.45) is 0 Å². The van der Waals surface area contributed by atoms with Crippen molar-refractivity contribution in [3.8, 4) is 0 Å². The Morgan fingerprint density at radius 1 is 1.00 bits per heavy atom. The highest BCUT2D eigenvalue weighted by Gasteiger charge is 2.20. The number of rotatable bonds is 5. The molecule has 148 valence electrons. The lowest BCUT2D eigenvalue weighted by molar-refractivity contribution is 0.102. The smallest absolute Gasteiger partial charge is 0.322 e. The number of hydrogen-bond acceptors (Lipinski definition) is 5. The molecule has 4 aromatic rings. The van der Waals surface area contributed by atoms with Gasteiger partial charge in [0.05, 0.1) is 26.6 Å². The average molecular weight is 449 g/mol. The lowest BCUT2D eigenvalue weighted by Gasteiger charge is -2.12. The van der Waals surface area contributed by atoms with Gasteiger partial charge in [-0.05, 0) is 42.5 Å². The third-order valence-electron chi connectivity index (χ3n) is 4.00. The fourth-order valence-corrected chi connectivity index (χ4v) is 5.28. The van der Waals surface area contributed by atoms with Gasteiger partial charge in [0, 0.05) is 5.69 Å². The first-order chi connectivity index (χ1) is 13.8. The second kappa shape index (κ2) is 7.39. The Morgan fingerprint density at radius 3 is 2.52 bits per heavy atom. The SMILES string of the molecule is O=C(Nc1ccc2[nH]c(=O)[nH]c2c1)c1ccccc1NS(=O)(=O)c1ccc(Cl)s1. The monoisotopic (exact) mass is 448 g/mol. The molecular formula is C18H13ClN4O4S2. The zero-order valence-electron chi connectivity index (χ0n) is 14.5. The number of thiophene rings is 1. The van der Waals surface area contributed by atoms with Gasteiger partial charge in [0.25, 0.3) is 15.9 Å². The Balaban J connectivity index is 1.61. The lowest BCUT2D eigenvalue weighted by Crippen LogP contribution is -2.18. The summed E-state index contributed by atoms with van der Waals surface area (Å²) < 4.78 is 27.9. The normalized spacial score (nSPS) is 11.5. The van der Waals surface area contributed by atoms with Gasteiger partial charge in [0.15, 0.2) is 0 Å². The molecule has 29 heavy (non-hydrogen) atoms. The van der Waals surface area contributed by atoms with Gasteiger partial charge in [-0.1, -0.05) is 23.7 Å². The molecule has 0 unspecified atom stereocenters. The van der Waals surface area contributed by atoms with E-state index in [1.165, 1.54) is 24.3 Å². The van der Waals surface area contributed by atoms with E-state index in [1.807, 2.05) is 0 Å². The van der Waals surface area contributed by atoms with Crippen LogP contribution in [0, 0.1) is 0 Å². The van der Waals surface area contributed by atoms with Gasteiger partial charge in [0.2, 0.25) is 0 Å². The van der Waals surface area contributed by atoms with Crippen LogP contribution in [-0.4, -0.2) is 24.3 Å². The summed E-state index contributed by atoms with van der Waals surface area (Å²) in [5, 5.41) is 2.70. The van der Waals surface area contributed by atoms with Crippen LogP contribution in [0.25, 0.3) is 11.0 Å². The Labute approximate surface area is 173 Å². The van der Waals surface area contributed by atoms with Crippen LogP contribution in [0.3, 0.4) is 0 Å². The molecule has 0 aliphatic rings. The van der Waals surface area contributed by atoms with Crippen LogP contribution >= 0.6 is 22.9 Å². The maximum absolute atomic E-state index is 12.8. The minimum atomic E-state index is -3.89. The summed E-state index contributed by atoms with van der Waals surface area (Å²) in [6.45, 7) is 0. The van der Waals surface area contributed by atoms with Crippen molar-refractivity contribution in [3.05, 3.63) is 75.0 Å². The molecule has 0 saturated carbocycles. The summed E-state index contributed by atoms with van der Waals surface area (Å²) >= 11 is 6.74. The highest BCUT2D eigenvalue weighted by molar-refractivity contribution is 7.94. The maximum Gasteiger partial charge on any atom is 0.323 e. The molecule has 0 aliphatic heterocycles. The number of imidazole rings is 1. The van der Waals surface area contributed by atoms with Gasteiger partial charge in [-0.2, -0.15) is 0 Å². The molecule has 0 aliphatic carbocycles. The van der Waals surface area contributed by atoms with Gasteiger partial charge in [-0.15, -0.1) is 11.3 Å². The summed E-state index contributed by atoms with van der Waals surface area (Å²) in [5.74, 6) is -0.509. The zero-order chi connectivity index (χ0) is 20.6. The number of H-pyrrole nitrogens is 2. The van der Waals surface area contributed by atoms with E-state index in [4.69, 9.17) is 11.6 Å². The van der Waals surface area contributed by atoms with Crippen molar-refractivity contribution in [3.63, 3.8) is 0 Å². The Bertz CT molecular complexity index is 1390. The van der Waals surface area contributed by atoms with Gasteiger partial charge in [-0.3, -0.25) is 9.52 Å². The number of nitrogens with one attached hydrogen (secondary N) is 4. The molecule has 0 radical (unpaired) electrons. The highest BCUT2D eigenvalue weighted by Crippen LogP contribution is 2.28. The maximum atomic E-state index is 12.8. The van der Waals surface area contributed by atoms with E-state index < -0.39 is 15.9 Å². The quantitative estimate of drug-likeness (QED) is 0.372. The molecule has 2 aromatic heterocycles. The van der Waals surface area contributed by atoms with Crippen LogP contribution in [0.1, 0.15) is 10.4 Å². The van der Waals surface area contributed by atoms with Crippen LogP contribution in [-0.2, 0) is 10.0 Å². The van der Waals surface area contributed by atoms with E-state index in [9.17, 15) is 18.0 Å².